The number of allylic oxidation sites excluding steroid dienone is 2. The lowest BCUT2D eigenvalue weighted by atomic mass is 9.68. The molecule has 0 aromatic heterocycles. The van der Waals surface area contributed by atoms with Gasteiger partial charge in [-0.15, -0.1) is 0 Å². The van der Waals surface area contributed by atoms with E-state index in [2.05, 4.69) is 25.7 Å². The maximum Gasteiger partial charge on any atom is 0.247 e. The Labute approximate surface area is 175 Å². The topological polar surface area (TPSA) is 72.2 Å². The van der Waals surface area contributed by atoms with Gasteiger partial charge in [0.15, 0.2) is 0 Å². The zero-order valence-electron chi connectivity index (χ0n) is 18.5. The summed E-state index contributed by atoms with van der Waals surface area (Å²) in [5, 5.41) is 3.14. The summed E-state index contributed by atoms with van der Waals surface area (Å²) in [4.78, 5) is 24.0. The molecule has 4 heteroatoms. The highest BCUT2D eigenvalue weighted by Gasteiger charge is 2.34. The van der Waals surface area contributed by atoms with Crippen molar-refractivity contribution in [1.29, 1.82) is 0 Å². The molecule has 158 valence electrons. The zero-order valence-corrected chi connectivity index (χ0v) is 18.5. The molecule has 1 unspecified atom stereocenters. The van der Waals surface area contributed by atoms with Crippen molar-refractivity contribution in [2.75, 3.05) is 13.1 Å². The van der Waals surface area contributed by atoms with Crippen LogP contribution in [0.25, 0.3) is 0 Å². The molecule has 1 aliphatic carbocycles. The standard InChI is InChI=1S/C25H36N2O2/c1-17(2)25(12-14-26,23-11-10-21(16-28)19(4)20(23)5)13-15-27-24(29)22-9-7-6-8-18(22)3/h10-11,16H,1,6-9,12-15,26H2,2-5H3,(H,27,29). The van der Waals surface area contributed by atoms with E-state index in [1.165, 1.54) is 12.0 Å². The predicted molar refractivity (Wildman–Crippen MR) is 120 cm³/mol. The number of carbonyl (C=O) groups is 2. The van der Waals surface area contributed by atoms with Gasteiger partial charge < -0.3 is 11.1 Å². The fraction of sp³-hybridized carbons (Fsp3) is 0.520. The van der Waals surface area contributed by atoms with Crippen LogP contribution in [0.1, 0.15) is 79.4 Å². The fourth-order valence-corrected chi connectivity index (χ4v) is 4.64. The summed E-state index contributed by atoms with van der Waals surface area (Å²) in [5.41, 5.74) is 12.9. The van der Waals surface area contributed by atoms with Crippen molar-refractivity contribution < 1.29 is 9.59 Å². The van der Waals surface area contributed by atoms with E-state index in [4.69, 9.17) is 5.73 Å². The molecule has 29 heavy (non-hydrogen) atoms. The highest BCUT2D eigenvalue weighted by molar-refractivity contribution is 5.94. The number of aldehydes is 1. The lowest BCUT2D eigenvalue weighted by Gasteiger charge is -2.37. The molecule has 1 aromatic rings. The average molecular weight is 397 g/mol. The van der Waals surface area contributed by atoms with Crippen LogP contribution in [0.5, 0.6) is 0 Å². The van der Waals surface area contributed by atoms with Crippen LogP contribution < -0.4 is 11.1 Å². The lowest BCUT2D eigenvalue weighted by molar-refractivity contribution is -0.117. The van der Waals surface area contributed by atoms with Gasteiger partial charge in [0.05, 0.1) is 0 Å². The molecule has 1 aromatic carbocycles. The van der Waals surface area contributed by atoms with E-state index in [1.807, 2.05) is 26.0 Å². The highest BCUT2D eigenvalue weighted by Crippen LogP contribution is 2.40. The number of benzene rings is 1. The first-order valence-corrected chi connectivity index (χ1v) is 10.7. The quantitative estimate of drug-likeness (QED) is 0.470. The highest BCUT2D eigenvalue weighted by atomic mass is 16.1. The Kier molecular flexibility index (Phi) is 7.97. The van der Waals surface area contributed by atoms with E-state index in [-0.39, 0.29) is 11.3 Å². The second kappa shape index (κ2) is 10.0. The van der Waals surface area contributed by atoms with Crippen LogP contribution in [-0.4, -0.2) is 25.3 Å². The molecule has 0 bridgehead atoms. The molecular formula is C25H36N2O2. The second-order valence-electron chi connectivity index (χ2n) is 8.44. The van der Waals surface area contributed by atoms with Gasteiger partial charge in [0.25, 0.3) is 0 Å². The number of nitrogens with one attached hydrogen (secondary N) is 1. The molecule has 0 saturated carbocycles. The van der Waals surface area contributed by atoms with E-state index in [0.29, 0.717) is 18.7 Å². The summed E-state index contributed by atoms with van der Waals surface area (Å²) in [6.07, 6.45) is 6.54. The molecule has 1 aliphatic rings. The van der Waals surface area contributed by atoms with Gasteiger partial charge in [0, 0.05) is 23.1 Å². The Balaban J connectivity index is 2.29. The second-order valence-corrected chi connectivity index (χ2v) is 8.44. The van der Waals surface area contributed by atoms with Crippen molar-refractivity contribution >= 4 is 12.2 Å². The van der Waals surface area contributed by atoms with Crippen LogP contribution in [0, 0.1) is 13.8 Å². The fourth-order valence-electron chi connectivity index (χ4n) is 4.64. The van der Waals surface area contributed by atoms with Crippen molar-refractivity contribution in [2.45, 2.75) is 71.6 Å². The van der Waals surface area contributed by atoms with Gasteiger partial charge in [0.1, 0.15) is 6.29 Å². The smallest absolute Gasteiger partial charge is 0.247 e. The van der Waals surface area contributed by atoms with Crippen LogP contribution >= 0.6 is 0 Å². The Morgan fingerprint density at radius 1 is 1.17 bits per heavy atom. The van der Waals surface area contributed by atoms with Crippen molar-refractivity contribution in [3.05, 3.63) is 57.7 Å². The summed E-state index contributed by atoms with van der Waals surface area (Å²) in [6.45, 7) is 13.5. The molecule has 0 fully saturated rings. The molecule has 1 amide bonds. The van der Waals surface area contributed by atoms with E-state index < -0.39 is 0 Å². The van der Waals surface area contributed by atoms with Crippen molar-refractivity contribution in [1.82, 2.24) is 5.32 Å². The van der Waals surface area contributed by atoms with Gasteiger partial charge in [-0.1, -0.05) is 29.9 Å². The lowest BCUT2D eigenvalue weighted by Crippen LogP contribution is -2.37. The maximum absolute atomic E-state index is 12.7. The van der Waals surface area contributed by atoms with Gasteiger partial charge in [-0.2, -0.15) is 0 Å². The van der Waals surface area contributed by atoms with Gasteiger partial charge in [0.2, 0.25) is 5.91 Å². The minimum atomic E-state index is -0.325. The summed E-state index contributed by atoms with van der Waals surface area (Å²) in [6, 6.07) is 3.92. The molecule has 2 rings (SSSR count). The Morgan fingerprint density at radius 2 is 1.86 bits per heavy atom. The average Bonchev–Trinajstić information content (AvgIpc) is 2.69. The van der Waals surface area contributed by atoms with E-state index in [1.54, 1.807) is 0 Å². The van der Waals surface area contributed by atoms with E-state index in [0.717, 1.165) is 66.2 Å². The van der Waals surface area contributed by atoms with Crippen molar-refractivity contribution in [2.24, 2.45) is 5.73 Å². The third-order valence-electron chi connectivity index (χ3n) is 6.71. The van der Waals surface area contributed by atoms with Gasteiger partial charge in [-0.05, 0) is 89.5 Å². The monoisotopic (exact) mass is 396 g/mol. The third-order valence-corrected chi connectivity index (χ3v) is 6.71. The molecule has 0 saturated heterocycles. The number of hydrogen-bond donors (Lipinski definition) is 2. The van der Waals surface area contributed by atoms with E-state index in [9.17, 15) is 9.59 Å². The third kappa shape index (κ3) is 4.87. The van der Waals surface area contributed by atoms with Gasteiger partial charge >= 0.3 is 0 Å². The number of carbonyl (C=O) groups excluding carboxylic acids is 2. The van der Waals surface area contributed by atoms with Gasteiger partial charge in [-0.3, -0.25) is 9.59 Å². The molecule has 0 heterocycles. The number of nitrogens with two attached hydrogens (primary N) is 1. The zero-order chi connectivity index (χ0) is 21.6. The van der Waals surface area contributed by atoms with E-state index >= 15 is 0 Å². The Morgan fingerprint density at radius 3 is 2.45 bits per heavy atom. The molecule has 4 nitrogen and oxygen atoms in total. The van der Waals surface area contributed by atoms with Crippen molar-refractivity contribution in [3.63, 3.8) is 0 Å². The first-order valence-electron chi connectivity index (χ1n) is 10.7. The minimum absolute atomic E-state index is 0.0646. The predicted octanol–water partition coefficient (Wildman–Crippen LogP) is 4.68. The largest absolute Gasteiger partial charge is 0.352 e. The molecule has 1 atom stereocenters. The molecule has 0 radical (unpaired) electrons. The minimum Gasteiger partial charge on any atom is -0.352 e. The molecule has 0 spiro atoms. The maximum atomic E-state index is 12.7. The Hall–Kier alpha value is -2.20. The van der Waals surface area contributed by atoms with Crippen LogP contribution in [-0.2, 0) is 10.2 Å². The van der Waals surface area contributed by atoms with Crippen LogP contribution in [0.3, 0.4) is 0 Å². The number of hydrogen-bond acceptors (Lipinski definition) is 3. The molecule has 0 aliphatic heterocycles. The summed E-state index contributed by atoms with van der Waals surface area (Å²) in [7, 11) is 0. The van der Waals surface area contributed by atoms with Crippen LogP contribution in [0.2, 0.25) is 0 Å². The summed E-state index contributed by atoms with van der Waals surface area (Å²) >= 11 is 0. The number of rotatable bonds is 9. The van der Waals surface area contributed by atoms with Gasteiger partial charge in [-0.25, -0.2) is 0 Å². The normalized spacial score (nSPS) is 16.3. The number of amides is 1. The summed E-state index contributed by atoms with van der Waals surface area (Å²) in [5.74, 6) is 0.0646. The van der Waals surface area contributed by atoms with Crippen molar-refractivity contribution in [3.8, 4) is 0 Å². The van der Waals surface area contributed by atoms with Crippen LogP contribution in [0.15, 0.2) is 35.4 Å². The Bertz CT molecular complexity index is 822. The first kappa shape index (κ1) is 23.1. The summed E-state index contributed by atoms with van der Waals surface area (Å²) < 4.78 is 0. The SMILES string of the molecule is C=C(C)C(CCN)(CCNC(=O)C1=C(C)CCCC1)c1ccc(C=O)c(C)c1C. The molecular weight excluding hydrogens is 360 g/mol. The van der Waals surface area contributed by atoms with Crippen LogP contribution in [0.4, 0.5) is 0 Å². The first-order chi connectivity index (χ1) is 13.8. The molecule has 3 N–H and O–H groups in total.